The van der Waals surface area contributed by atoms with Crippen LogP contribution in [0.5, 0.6) is 0 Å². The van der Waals surface area contributed by atoms with Crippen LogP contribution in [-0.2, 0) is 18.6 Å². The third-order valence-corrected chi connectivity index (χ3v) is 5.33. The van der Waals surface area contributed by atoms with E-state index in [1.165, 1.54) is 4.67 Å². The van der Waals surface area contributed by atoms with Gasteiger partial charge < -0.3 is 14.0 Å². The smallest absolute Gasteiger partial charge is 0.348 e. The molecule has 0 aromatic rings. The van der Waals surface area contributed by atoms with Gasteiger partial charge in [0.25, 0.3) is 0 Å². The molecule has 5 nitrogen and oxygen atoms in total. The number of nitrogens with zero attached hydrogens (tertiary/aromatic N) is 1. The summed E-state index contributed by atoms with van der Waals surface area (Å²) in [5, 5.41) is 0. The van der Waals surface area contributed by atoms with Gasteiger partial charge in [-0.25, -0.2) is 4.67 Å². The van der Waals surface area contributed by atoms with E-state index in [0.717, 1.165) is 0 Å². The zero-order valence-corrected chi connectivity index (χ0v) is 13.3. The zero-order valence-electron chi connectivity index (χ0n) is 10.9. The number of hydrogen-bond acceptors (Lipinski definition) is 4. The minimum atomic E-state index is -3.26. The molecule has 0 aliphatic carbocycles. The lowest BCUT2D eigenvalue weighted by Crippen LogP contribution is -2.22. The van der Waals surface area contributed by atoms with Crippen LogP contribution in [0.25, 0.3) is 0 Å². The van der Waals surface area contributed by atoms with Crippen LogP contribution in [0, 0.1) is 0 Å². The Balaban J connectivity index is 2.27. The van der Waals surface area contributed by atoms with Gasteiger partial charge in [-0.1, -0.05) is 0 Å². The van der Waals surface area contributed by atoms with Gasteiger partial charge in [-0.05, 0) is 38.6 Å². The quantitative estimate of drug-likeness (QED) is 0.533. The molecule has 1 aliphatic rings. The van der Waals surface area contributed by atoms with Crippen molar-refractivity contribution in [1.29, 1.82) is 0 Å². The number of rotatable bonds is 7. The van der Waals surface area contributed by atoms with Crippen molar-refractivity contribution in [3.63, 3.8) is 0 Å². The van der Waals surface area contributed by atoms with Crippen molar-refractivity contribution < 1.29 is 18.6 Å². The van der Waals surface area contributed by atoms with Gasteiger partial charge in [0.05, 0.1) is 19.3 Å². The first-order valence-corrected chi connectivity index (χ1v) is 8.82. The second-order valence-corrected chi connectivity index (χ2v) is 8.10. The van der Waals surface area contributed by atoms with Crippen LogP contribution in [0.4, 0.5) is 0 Å². The Morgan fingerprint density at radius 2 is 2.22 bits per heavy atom. The molecule has 1 fully saturated rings. The Morgan fingerprint density at radius 1 is 1.56 bits per heavy atom. The number of halogens is 2. The third kappa shape index (κ3) is 5.33. The van der Waals surface area contributed by atoms with E-state index in [1.54, 1.807) is 7.05 Å². The standard InChI is InChI=1S/C10H20Cl2NO4P/c1-10(2)15-8-9(17-10)4-7-16-18(12,14)13(3)6-5-11/h9H,4-8H2,1-3H3. The van der Waals surface area contributed by atoms with Crippen molar-refractivity contribution in [3.05, 3.63) is 0 Å². The lowest BCUT2D eigenvalue weighted by atomic mass is 10.3. The van der Waals surface area contributed by atoms with Crippen molar-refractivity contribution >= 4 is 29.7 Å². The zero-order chi connectivity index (χ0) is 13.8. The fourth-order valence-corrected chi connectivity index (χ4v) is 3.21. The van der Waals surface area contributed by atoms with E-state index in [0.29, 0.717) is 25.5 Å². The molecule has 0 radical (unpaired) electrons. The van der Waals surface area contributed by atoms with Crippen molar-refractivity contribution in [2.45, 2.75) is 32.2 Å². The van der Waals surface area contributed by atoms with Crippen LogP contribution < -0.4 is 0 Å². The molecule has 2 unspecified atom stereocenters. The molecule has 0 bridgehead atoms. The van der Waals surface area contributed by atoms with E-state index in [4.69, 9.17) is 36.8 Å². The lowest BCUT2D eigenvalue weighted by molar-refractivity contribution is -0.139. The molecule has 0 saturated carbocycles. The molecule has 0 amide bonds. The van der Waals surface area contributed by atoms with Crippen LogP contribution in [0.15, 0.2) is 0 Å². The topological polar surface area (TPSA) is 48.0 Å². The highest BCUT2D eigenvalue weighted by atomic mass is 35.7. The molecular weight excluding hydrogens is 300 g/mol. The first-order valence-electron chi connectivity index (χ1n) is 5.80. The van der Waals surface area contributed by atoms with Crippen LogP contribution in [-0.4, -0.2) is 49.2 Å². The van der Waals surface area contributed by atoms with Crippen LogP contribution in [0.1, 0.15) is 20.3 Å². The van der Waals surface area contributed by atoms with Crippen molar-refractivity contribution in [1.82, 2.24) is 4.67 Å². The minimum Gasteiger partial charge on any atom is -0.348 e. The second-order valence-electron chi connectivity index (χ2n) is 4.59. The average Bonchev–Trinajstić information content (AvgIpc) is 2.58. The van der Waals surface area contributed by atoms with E-state index in [-0.39, 0.29) is 12.7 Å². The first kappa shape index (κ1) is 16.7. The molecular formula is C10H20Cl2NO4P. The van der Waals surface area contributed by atoms with E-state index in [9.17, 15) is 4.57 Å². The summed E-state index contributed by atoms with van der Waals surface area (Å²) in [5.41, 5.74) is 0. The maximum absolute atomic E-state index is 11.9. The molecule has 1 aliphatic heterocycles. The summed E-state index contributed by atoms with van der Waals surface area (Å²) >= 11 is 11.4. The molecule has 0 N–H and O–H groups in total. The summed E-state index contributed by atoms with van der Waals surface area (Å²) in [5.74, 6) is -0.199. The predicted octanol–water partition coefficient (Wildman–Crippen LogP) is 3.06. The van der Waals surface area contributed by atoms with Gasteiger partial charge in [0.2, 0.25) is 0 Å². The van der Waals surface area contributed by atoms with Crippen LogP contribution in [0.3, 0.4) is 0 Å². The van der Waals surface area contributed by atoms with E-state index < -0.39 is 12.7 Å². The molecule has 0 spiro atoms. The summed E-state index contributed by atoms with van der Waals surface area (Å²) in [6.45, 7) is 1.64. The summed E-state index contributed by atoms with van der Waals surface area (Å²) < 4.78 is 29.6. The van der Waals surface area contributed by atoms with Gasteiger partial charge in [0, 0.05) is 12.4 Å². The minimum absolute atomic E-state index is 0.0463. The highest BCUT2D eigenvalue weighted by Gasteiger charge is 2.33. The van der Waals surface area contributed by atoms with Gasteiger partial charge in [-0.3, -0.25) is 4.57 Å². The van der Waals surface area contributed by atoms with Crippen molar-refractivity contribution in [3.8, 4) is 0 Å². The normalized spacial score (nSPS) is 26.4. The molecule has 0 aromatic heterocycles. The summed E-state index contributed by atoms with van der Waals surface area (Å²) in [4.78, 5) is 0. The van der Waals surface area contributed by atoms with E-state index >= 15 is 0 Å². The lowest BCUT2D eigenvalue weighted by Gasteiger charge is -2.22. The molecule has 2 atom stereocenters. The Labute approximate surface area is 118 Å². The molecule has 1 saturated heterocycles. The summed E-state index contributed by atoms with van der Waals surface area (Å²) in [6, 6.07) is 0. The van der Waals surface area contributed by atoms with Crippen molar-refractivity contribution in [2.24, 2.45) is 0 Å². The van der Waals surface area contributed by atoms with Crippen LogP contribution >= 0.6 is 29.7 Å². The largest absolute Gasteiger partial charge is 0.362 e. The van der Waals surface area contributed by atoms with Crippen molar-refractivity contribution in [2.75, 3.05) is 32.7 Å². The maximum Gasteiger partial charge on any atom is 0.362 e. The number of alkyl halides is 1. The van der Waals surface area contributed by atoms with Gasteiger partial charge in [-0.15, -0.1) is 11.6 Å². The van der Waals surface area contributed by atoms with Gasteiger partial charge in [0.1, 0.15) is 0 Å². The van der Waals surface area contributed by atoms with E-state index in [2.05, 4.69) is 0 Å². The molecule has 0 aromatic carbocycles. The average molecular weight is 320 g/mol. The highest BCUT2D eigenvalue weighted by Crippen LogP contribution is 2.54. The highest BCUT2D eigenvalue weighted by molar-refractivity contribution is 7.83. The maximum atomic E-state index is 11.9. The fraction of sp³-hybridized carbons (Fsp3) is 1.00. The predicted molar refractivity (Wildman–Crippen MR) is 72.3 cm³/mol. The molecule has 18 heavy (non-hydrogen) atoms. The Hall–Kier alpha value is 0.650. The Morgan fingerprint density at radius 3 is 2.72 bits per heavy atom. The molecule has 1 heterocycles. The summed E-state index contributed by atoms with van der Waals surface area (Å²) in [6.07, 6.45) is 0.546. The Kier molecular flexibility index (Phi) is 6.39. The summed E-state index contributed by atoms with van der Waals surface area (Å²) in [7, 11) is 1.62. The molecule has 8 heteroatoms. The molecule has 108 valence electrons. The SMILES string of the molecule is CN(CCCl)P(=O)(Cl)OCCC1COC(C)(C)O1. The molecule has 1 rings (SSSR count). The Bertz CT molecular complexity index is 316. The van der Waals surface area contributed by atoms with E-state index in [1.807, 2.05) is 13.8 Å². The first-order chi connectivity index (χ1) is 8.27. The number of hydrogen-bond donors (Lipinski definition) is 0. The number of ether oxygens (including phenoxy) is 2. The third-order valence-electron chi connectivity index (χ3n) is 2.57. The van der Waals surface area contributed by atoms with Gasteiger partial charge in [0.15, 0.2) is 5.79 Å². The monoisotopic (exact) mass is 319 g/mol. The van der Waals surface area contributed by atoms with Crippen LogP contribution in [0.2, 0.25) is 0 Å². The fourth-order valence-electron chi connectivity index (χ4n) is 1.54. The van der Waals surface area contributed by atoms with Gasteiger partial charge in [-0.2, -0.15) is 0 Å². The second kappa shape index (κ2) is 6.89. The van der Waals surface area contributed by atoms with Gasteiger partial charge >= 0.3 is 6.87 Å².